The molecule has 0 aliphatic carbocycles. The van der Waals surface area contributed by atoms with Gasteiger partial charge in [0.15, 0.2) is 0 Å². The van der Waals surface area contributed by atoms with Crippen LogP contribution in [0.1, 0.15) is 37.8 Å². The number of aromatic nitrogens is 1. The summed E-state index contributed by atoms with van der Waals surface area (Å²) in [5.41, 5.74) is 3.75. The highest BCUT2D eigenvalue weighted by Crippen LogP contribution is 2.33. The van der Waals surface area contributed by atoms with E-state index in [1.54, 1.807) is 4.57 Å². The Morgan fingerprint density at radius 2 is 1.50 bits per heavy atom. The van der Waals surface area contributed by atoms with E-state index in [1.807, 2.05) is 67.6 Å². The van der Waals surface area contributed by atoms with Crippen molar-refractivity contribution < 1.29 is 5.11 Å². The fraction of sp³-hybridized carbons (Fsp3) is 0.261. The normalized spacial score (nSPS) is 10.8. The van der Waals surface area contributed by atoms with Gasteiger partial charge in [-0.05, 0) is 37.0 Å². The fourth-order valence-corrected chi connectivity index (χ4v) is 3.40. The van der Waals surface area contributed by atoms with Crippen LogP contribution in [0, 0.1) is 0 Å². The van der Waals surface area contributed by atoms with E-state index >= 15 is 0 Å². The van der Waals surface area contributed by atoms with E-state index in [4.69, 9.17) is 0 Å². The molecule has 3 rings (SSSR count). The molecule has 0 fully saturated rings. The number of rotatable bonds is 6. The van der Waals surface area contributed by atoms with E-state index in [1.165, 1.54) is 0 Å². The predicted molar refractivity (Wildman–Crippen MR) is 107 cm³/mol. The van der Waals surface area contributed by atoms with Gasteiger partial charge in [0.05, 0.1) is 11.3 Å². The molecule has 0 saturated carbocycles. The van der Waals surface area contributed by atoms with Crippen molar-refractivity contribution in [1.29, 1.82) is 0 Å². The standard InChI is InChI=1S/C23H25NO2/c1-3-5-16-20-22(25)19(4-2)21(17-12-8-6-9-13-17)24(23(20)26)18-14-10-7-11-15-18/h6-15,25H,3-5,16H2,1-2H3. The zero-order valence-electron chi connectivity index (χ0n) is 15.4. The van der Waals surface area contributed by atoms with E-state index in [2.05, 4.69) is 6.92 Å². The summed E-state index contributed by atoms with van der Waals surface area (Å²) < 4.78 is 1.76. The monoisotopic (exact) mass is 347 g/mol. The maximum absolute atomic E-state index is 13.4. The molecule has 134 valence electrons. The van der Waals surface area contributed by atoms with E-state index < -0.39 is 0 Å². The Balaban J connectivity index is 2.40. The SMILES string of the molecule is CCCCc1c(O)c(CC)c(-c2ccccc2)n(-c2ccccc2)c1=O. The first-order chi connectivity index (χ1) is 12.7. The molecule has 0 amide bonds. The summed E-state index contributed by atoms with van der Waals surface area (Å²) in [7, 11) is 0. The summed E-state index contributed by atoms with van der Waals surface area (Å²) in [4.78, 5) is 13.4. The van der Waals surface area contributed by atoms with Crippen LogP contribution in [0.3, 0.4) is 0 Å². The van der Waals surface area contributed by atoms with Crippen molar-refractivity contribution in [2.24, 2.45) is 0 Å². The van der Waals surface area contributed by atoms with Crippen LogP contribution in [0.5, 0.6) is 5.75 Å². The van der Waals surface area contributed by atoms with Gasteiger partial charge in [-0.3, -0.25) is 9.36 Å². The van der Waals surface area contributed by atoms with Crippen LogP contribution in [-0.2, 0) is 12.8 Å². The van der Waals surface area contributed by atoms with Crippen molar-refractivity contribution >= 4 is 0 Å². The second kappa shape index (κ2) is 8.05. The minimum absolute atomic E-state index is 0.127. The van der Waals surface area contributed by atoms with Crippen LogP contribution < -0.4 is 5.56 Å². The first-order valence-electron chi connectivity index (χ1n) is 9.29. The number of aromatic hydroxyl groups is 1. The Kier molecular flexibility index (Phi) is 5.57. The first kappa shape index (κ1) is 18.0. The highest BCUT2D eigenvalue weighted by molar-refractivity contribution is 5.70. The smallest absolute Gasteiger partial charge is 0.262 e. The summed E-state index contributed by atoms with van der Waals surface area (Å²) >= 11 is 0. The quantitative estimate of drug-likeness (QED) is 0.673. The lowest BCUT2D eigenvalue weighted by atomic mass is 9.97. The molecule has 1 heterocycles. The van der Waals surface area contributed by atoms with Crippen LogP contribution in [0.2, 0.25) is 0 Å². The maximum atomic E-state index is 13.4. The molecule has 3 nitrogen and oxygen atoms in total. The Labute approximate surface area is 154 Å². The number of hydrogen-bond donors (Lipinski definition) is 1. The molecule has 3 aromatic rings. The molecule has 0 atom stereocenters. The lowest BCUT2D eigenvalue weighted by molar-refractivity contribution is 0.457. The van der Waals surface area contributed by atoms with Crippen molar-refractivity contribution in [3.63, 3.8) is 0 Å². The summed E-state index contributed by atoms with van der Waals surface area (Å²) in [6.45, 7) is 4.11. The number of benzene rings is 2. The average molecular weight is 347 g/mol. The highest BCUT2D eigenvalue weighted by Gasteiger charge is 2.22. The molecular weight excluding hydrogens is 322 g/mol. The zero-order chi connectivity index (χ0) is 18.5. The van der Waals surface area contributed by atoms with Gasteiger partial charge in [0, 0.05) is 11.3 Å². The number of hydrogen-bond acceptors (Lipinski definition) is 2. The molecule has 0 aliphatic rings. The molecule has 0 bridgehead atoms. The molecule has 0 aliphatic heterocycles. The minimum atomic E-state index is -0.127. The Hall–Kier alpha value is -2.81. The van der Waals surface area contributed by atoms with Gasteiger partial charge in [0.1, 0.15) is 5.75 Å². The van der Waals surface area contributed by atoms with Gasteiger partial charge >= 0.3 is 0 Å². The second-order valence-electron chi connectivity index (χ2n) is 6.45. The third-order valence-electron chi connectivity index (χ3n) is 4.74. The third kappa shape index (κ3) is 3.30. The molecule has 2 aromatic carbocycles. The summed E-state index contributed by atoms with van der Waals surface area (Å²) in [5.74, 6) is 0.164. The maximum Gasteiger partial charge on any atom is 0.262 e. The van der Waals surface area contributed by atoms with Gasteiger partial charge in [0.25, 0.3) is 5.56 Å². The van der Waals surface area contributed by atoms with Gasteiger partial charge in [-0.1, -0.05) is 68.8 Å². The zero-order valence-corrected chi connectivity index (χ0v) is 15.4. The second-order valence-corrected chi connectivity index (χ2v) is 6.45. The van der Waals surface area contributed by atoms with Crippen LogP contribution in [0.25, 0.3) is 16.9 Å². The molecular formula is C23H25NO2. The Morgan fingerprint density at radius 3 is 2.08 bits per heavy atom. The lowest BCUT2D eigenvalue weighted by Crippen LogP contribution is -2.25. The number of pyridine rings is 1. The van der Waals surface area contributed by atoms with Crippen LogP contribution >= 0.6 is 0 Å². The third-order valence-corrected chi connectivity index (χ3v) is 4.74. The molecule has 26 heavy (non-hydrogen) atoms. The van der Waals surface area contributed by atoms with Gasteiger partial charge < -0.3 is 5.11 Å². The van der Waals surface area contributed by atoms with Crippen LogP contribution in [-0.4, -0.2) is 9.67 Å². The molecule has 0 spiro atoms. The largest absolute Gasteiger partial charge is 0.507 e. The van der Waals surface area contributed by atoms with Crippen molar-refractivity contribution in [1.82, 2.24) is 4.57 Å². The summed E-state index contributed by atoms with van der Waals surface area (Å²) in [5, 5.41) is 10.9. The molecule has 3 heteroatoms. The molecule has 0 radical (unpaired) electrons. The predicted octanol–water partition coefficient (Wildman–Crippen LogP) is 5.12. The van der Waals surface area contributed by atoms with Gasteiger partial charge in [-0.15, -0.1) is 0 Å². The van der Waals surface area contributed by atoms with Gasteiger partial charge in [-0.25, -0.2) is 0 Å². The average Bonchev–Trinajstić information content (AvgIpc) is 2.69. The lowest BCUT2D eigenvalue weighted by Gasteiger charge is -2.21. The number of unbranched alkanes of at least 4 members (excludes halogenated alkanes) is 1. The Morgan fingerprint density at radius 1 is 0.885 bits per heavy atom. The van der Waals surface area contributed by atoms with Crippen LogP contribution in [0.4, 0.5) is 0 Å². The number of para-hydroxylation sites is 1. The summed E-state index contributed by atoms with van der Waals surface area (Å²) in [6, 6.07) is 19.5. The first-order valence-corrected chi connectivity index (χ1v) is 9.29. The molecule has 0 unspecified atom stereocenters. The fourth-order valence-electron chi connectivity index (χ4n) is 3.40. The minimum Gasteiger partial charge on any atom is -0.507 e. The van der Waals surface area contributed by atoms with Crippen molar-refractivity contribution in [2.75, 3.05) is 0 Å². The topological polar surface area (TPSA) is 42.2 Å². The van der Waals surface area contributed by atoms with E-state index in [0.29, 0.717) is 18.4 Å². The molecule has 1 N–H and O–H groups in total. The van der Waals surface area contributed by atoms with Crippen molar-refractivity contribution in [3.8, 4) is 22.7 Å². The van der Waals surface area contributed by atoms with Crippen molar-refractivity contribution in [2.45, 2.75) is 39.5 Å². The van der Waals surface area contributed by atoms with E-state index in [0.717, 1.165) is 35.3 Å². The Bertz CT molecular complexity index is 928. The van der Waals surface area contributed by atoms with Gasteiger partial charge in [0.2, 0.25) is 0 Å². The molecule has 1 aromatic heterocycles. The van der Waals surface area contributed by atoms with Gasteiger partial charge in [-0.2, -0.15) is 0 Å². The van der Waals surface area contributed by atoms with Crippen LogP contribution in [0.15, 0.2) is 65.5 Å². The highest BCUT2D eigenvalue weighted by atomic mass is 16.3. The molecule has 0 saturated heterocycles. The summed E-state index contributed by atoms with van der Waals surface area (Å²) in [6.07, 6.45) is 3.11. The van der Waals surface area contributed by atoms with E-state index in [-0.39, 0.29) is 11.3 Å². The number of nitrogens with zero attached hydrogens (tertiary/aromatic N) is 1. The van der Waals surface area contributed by atoms with Crippen molar-refractivity contribution in [3.05, 3.63) is 82.1 Å². The van der Waals surface area contributed by atoms with E-state index in [9.17, 15) is 9.90 Å².